The fraction of sp³-hybridized carbons (Fsp3) is 0.615. The number of carbonyl (C=O) groups excluding carboxylic acids is 1. The Morgan fingerprint density at radius 1 is 1.55 bits per heavy atom. The molecule has 0 aliphatic carbocycles. The molecule has 1 aliphatic rings. The fourth-order valence-electron chi connectivity index (χ4n) is 2.28. The molecule has 0 unspecified atom stereocenters. The van der Waals surface area contributed by atoms with Gasteiger partial charge in [-0.1, -0.05) is 0 Å². The van der Waals surface area contributed by atoms with E-state index in [0.717, 1.165) is 4.57 Å². The van der Waals surface area contributed by atoms with Crippen LogP contribution in [0.15, 0.2) is 15.8 Å². The van der Waals surface area contributed by atoms with Crippen molar-refractivity contribution in [1.82, 2.24) is 9.55 Å². The Morgan fingerprint density at radius 2 is 2.27 bits per heavy atom. The van der Waals surface area contributed by atoms with Crippen molar-refractivity contribution < 1.29 is 24.5 Å². The van der Waals surface area contributed by atoms with Crippen LogP contribution in [0.3, 0.4) is 0 Å². The van der Waals surface area contributed by atoms with Crippen LogP contribution in [0.2, 0.25) is 0 Å². The zero-order valence-corrected chi connectivity index (χ0v) is 12.0. The topological polar surface area (TPSA) is 131 Å². The Hall–Kier alpha value is -1.97. The first kappa shape index (κ1) is 16.4. The molecule has 1 aromatic rings. The molecule has 9 heteroatoms. The predicted octanol–water partition coefficient (Wildman–Crippen LogP) is -1.72. The van der Waals surface area contributed by atoms with E-state index in [9.17, 15) is 19.5 Å². The molecule has 3 atom stereocenters. The summed E-state index contributed by atoms with van der Waals surface area (Å²) in [6, 6.07) is 0. The molecule has 22 heavy (non-hydrogen) atoms. The molecule has 0 radical (unpaired) electrons. The number of aliphatic hydroxyl groups excluding tert-OH is 2. The van der Waals surface area contributed by atoms with Gasteiger partial charge in [-0.2, -0.15) is 0 Å². The second-order valence-electron chi connectivity index (χ2n) is 4.92. The molecule has 0 aromatic carbocycles. The Kier molecular flexibility index (Phi) is 5.11. The Bertz CT molecular complexity index is 651. The van der Waals surface area contributed by atoms with Gasteiger partial charge in [0.1, 0.15) is 12.3 Å². The maximum absolute atomic E-state index is 11.9. The van der Waals surface area contributed by atoms with Gasteiger partial charge in [0.25, 0.3) is 5.56 Å². The number of ether oxygens (including phenoxy) is 2. The zero-order chi connectivity index (χ0) is 16.3. The van der Waals surface area contributed by atoms with Gasteiger partial charge in [-0.15, -0.1) is 0 Å². The van der Waals surface area contributed by atoms with Crippen molar-refractivity contribution in [1.29, 1.82) is 0 Å². The standard InChI is InChI=1S/C13H18N2O7/c1-2-21-11(18)3-7-5-15(13(20)14-12(7)19)10-4-8(17)9(6-16)22-10/h5,8-10,16-17H,2-4,6H2,1H3,(H,14,19,20)/t8-,9+,10+/m1/s1. The van der Waals surface area contributed by atoms with Gasteiger partial charge >= 0.3 is 11.7 Å². The molecule has 122 valence electrons. The highest BCUT2D eigenvalue weighted by Crippen LogP contribution is 2.27. The van der Waals surface area contributed by atoms with Gasteiger partial charge in [0.15, 0.2) is 0 Å². The molecule has 1 fully saturated rings. The lowest BCUT2D eigenvalue weighted by atomic mass is 10.2. The second kappa shape index (κ2) is 6.86. The molecule has 0 spiro atoms. The third-order valence-electron chi connectivity index (χ3n) is 3.38. The summed E-state index contributed by atoms with van der Waals surface area (Å²) in [5, 5.41) is 18.8. The molecule has 2 rings (SSSR count). The van der Waals surface area contributed by atoms with E-state index in [0.29, 0.717) is 0 Å². The first-order chi connectivity index (χ1) is 10.5. The van der Waals surface area contributed by atoms with Gasteiger partial charge in [-0.3, -0.25) is 19.1 Å². The number of aliphatic hydroxyl groups is 2. The number of hydrogen-bond acceptors (Lipinski definition) is 7. The van der Waals surface area contributed by atoms with E-state index < -0.39 is 35.7 Å². The molecule has 1 aromatic heterocycles. The van der Waals surface area contributed by atoms with Crippen LogP contribution >= 0.6 is 0 Å². The summed E-state index contributed by atoms with van der Waals surface area (Å²) in [5.41, 5.74) is -1.33. The number of aromatic amines is 1. The summed E-state index contributed by atoms with van der Waals surface area (Å²) < 4.78 is 11.2. The third-order valence-corrected chi connectivity index (χ3v) is 3.38. The second-order valence-corrected chi connectivity index (χ2v) is 4.92. The zero-order valence-electron chi connectivity index (χ0n) is 12.0. The monoisotopic (exact) mass is 314 g/mol. The number of rotatable bonds is 5. The normalized spacial score (nSPS) is 24.4. The van der Waals surface area contributed by atoms with Crippen LogP contribution in [-0.4, -0.2) is 51.2 Å². The van der Waals surface area contributed by atoms with Crippen LogP contribution in [0.5, 0.6) is 0 Å². The van der Waals surface area contributed by atoms with Crippen LogP contribution in [0.25, 0.3) is 0 Å². The van der Waals surface area contributed by atoms with Crippen LogP contribution in [0.4, 0.5) is 0 Å². The number of hydrogen-bond donors (Lipinski definition) is 3. The summed E-state index contributed by atoms with van der Waals surface area (Å²) in [5.74, 6) is -0.584. The van der Waals surface area contributed by atoms with Crippen LogP contribution in [-0.2, 0) is 20.7 Å². The molecular weight excluding hydrogens is 296 g/mol. The average Bonchev–Trinajstić information content (AvgIpc) is 2.83. The van der Waals surface area contributed by atoms with E-state index in [4.69, 9.17) is 14.6 Å². The molecule has 3 N–H and O–H groups in total. The van der Waals surface area contributed by atoms with Crippen molar-refractivity contribution in [2.45, 2.75) is 38.2 Å². The number of carbonyl (C=O) groups is 1. The number of H-pyrrole nitrogens is 1. The highest BCUT2D eigenvalue weighted by Gasteiger charge is 2.35. The maximum Gasteiger partial charge on any atom is 0.330 e. The Labute approximate surface area is 125 Å². The summed E-state index contributed by atoms with van der Waals surface area (Å²) in [7, 11) is 0. The van der Waals surface area contributed by atoms with Gasteiger partial charge in [0.05, 0.1) is 25.7 Å². The minimum atomic E-state index is -0.915. The van der Waals surface area contributed by atoms with Crippen LogP contribution in [0, 0.1) is 0 Å². The van der Waals surface area contributed by atoms with Crippen molar-refractivity contribution in [2.24, 2.45) is 0 Å². The van der Waals surface area contributed by atoms with Crippen LogP contribution < -0.4 is 11.2 Å². The molecule has 0 saturated carbocycles. The van der Waals surface area contributed by atoms with Crippen molar-refractivity contribution >= 4 is 5.97 Å². The number of nitrogens with one attached hydrogen (secondary N) is 1. The summed E-state index contributed by atoms with van der Waals surface area (Å²) >= 11 is 0. The summed E-state index contributed by atoms with van der Waals surface area (Å²) in [6.45, 7) is 1.45. The van der Waals surface area contributed by atoms with Crippen molar-refractivity contribution in [3.8, 4) is 0 Å². The van der Waals surface area contributed by atoms with Gasteiger partial charge < -0.3 is 19.7 Å². The number of esters is 1. The van der Waals surface area contributed by atoms with Gasteiger partial charge in [-0.05, 0) is 6.92 Å². The van der Waals surface area contributed by atoms with Gasteiger partial charge in [0, 0.05) is 18.2 Å². The summed E-state index contributed by atoms with van der Waals surface area (Å²) in [4.78, 5) is 37.1. The number of aromatic nitrogens is 2. The molecule has 0 bridgehead atoms. The lowest BCUT2D eigenvalue weighted by Gasteiger charge is -2.15. The molecule has 0 amide bonds. The van der Waals surface area contributed by atoms with Crippen molar-refractivity contribution in [3.63, 3.8) is 0 Å². The molecule has 9 nitrogen and oxygen atoms in total. The number of nitrogens with zero attached hydrogens (tertiary/aromatic N) is 1. The molecular formula is C13H18N2O7. The summed E-state index contributed by atoms with van der Waals surface area (Å²) in [6.07, 6.45) is -1.50. The minimum Gasteiger partial charge on any atom is -0.466 e. The SMILES string of the molecule is CCOC(=O)Cc1cn([C@@H]2C[C@@H](O)[C@H](CO)O2)c(=O)[nH]c1=O. The third kappa shape index (κ3) is 3.43. The van der Waals surface area contributed by atoms with Gasteiger partial charge in [-0.25, -0.2) is 4.79 Å². The van der Waals surface area contributed by atoms with Crippen molar-refractivity contribution in [3.05, 3.63) is 32.6 Å². The Balaban J connectivity index is 2.27. The van der Waals surface area contributed by atoms with Crippen LogP contribution in [0.1, 0.15) is 25.1 Å². The average molecular weight is 314 g/mol. The van der Waals surface area contributed by atoms with E-state index >= 15 is 0 Å². The van der Waals surface area contributed by atoms with Crippen molar-refractivity contribution in [2.75, 3.05) is 13.2 Å². The molecule has 1 aliphatic heterocycles. The quantitative estimate of drug-likeness (QED) is 0.551. The predicted molar refractivity (Wildman–Crippen MR) is 73.3 cm³/mol. The Morgan fingerprint density at radius 3 is 2.86 bits per heavy atom. The highest BCUT2D eigenvalue weighted by molar-refractivity contribution is 5.72. The molecule has 1 saturated heterocycles. The first-order valence-corrected chi connectivity index (χ1v) is 6.90. The minimum absolute atomic E-state index is 0.0589. The lowest BCUT2D eigenvalue weighted by molar-refractivity contribution is -0.142. The maximum atomic E-state index is 11.9. The first-order valence-electron chi connectivity index (χ1n) is 6.90. The van der Waals surface area contributed by atoms with E-state index in [1.807, 2.05) is 0 Å². The van der Waals surface area contributed by atoms with Gasteiger partial charge in [0.2, 0.25) is 0 Å². The van der Waals surface area contributed by atoms with E-state index in [2.05, 4.69) is 4.98 Å². The fourth-order valence-corrected chi connectivity index (χ4v) is 2.28. The largest absolute Gasteiger partial charge is 0.466 e. The lowest BCUT2D eigenvalue weighted by Crippen LogP contribution is -2.35. The smallest absolute Gasteiger partial charge is 0.330 e. The molecule has 2 heterocycles. The van der Waals surface area contributed by atoms with E-state index in [1.165, 1.54) is 6.20 Å². The van der Waals surface area contributed by atoms with E-state index in [1.54, 1.807) is 6.92 Å². The highest BCUT2D eigenvalue weighted by atomic mass is 16.5. The van der Waals surface area contributed by atoms with E-state index in [-0.39, 0.29) is 31.6 Å².